The first-order chi connectivity index (χ1) is 11.9. The van der Waals surface area contributed by atoms with Gasteiger partial charge in [-0.15, -0.1) is 0 Å². The number of rotatable bonds is 4. The van der Waals surface area contributed by atoms with Crippen LogP contribution in [0.5, 0.6) is 0 Å². The zero-order valence-corrected chi connectivity index (χ0v) is 14.0. The Hall–Kier alpha value is -2.31. The fraction of sp³-hybridized carbons (Fsp3) is 0.500. The van der Waals surface area contributed by atoms with Crippen LogP contribution in [0.2, 0.25) is 0 Å². The average Bonchev–Trinajstić information content (AvgIpc) is 2.84. The summed E-state index contributed by atoms with van der Waals surface area (Å²) in [6, 6.07) is 3.18. The summed E-state index contributed by atoms with van der Waals surface area (Å²) in [5.41, 5.74) is 0.197. The van der Waals surface area contributed by atoms with Crippen molar-refractivity contribution in [2.24, 2.45) is 11.8 Å². The van der Waals surface area contributed by atoms with E-state index in [0.717, 1.165) is 29.9 Å². The normalized spacial score (nSPS) is 22.9. The van der Waals surface area contributed by atoms with Gasteiger partial charge in [0.2, 0.25) is 17.7 Å². The highest BCUT2D eigenvalue weighted by Crippen LogP contribution is 2.38. The molecule has 2 unspecified atom stereocenters. The highest BCUT2D eigenvalue weighted by atomic mass is 19.2. The Morgan fingerprint density at radius 3 is 2.24 bits per heavy atom. The molecule has 1 saturated heterocycles. The number of likely N-dealkylation sites (N-methyl/N-ethyl adjacent to an activating group) is 1. The molecule has 3 amide bonds. The molecule has 2 fully saturated rings. The van der Waals surface area contributed by atoms with Crippen molar-refractivity contribution in [2.75, 3.05) is 18.0 Å². The van der Waals surface area contributed by atoms with E-state index >= 15 is 0 Å². The number of anilines is 1. The van der Waals surface area contributed by atoms with E-state index in [0.29, 0.717) is 12.8 Å². The van der Waals surface area contributed by atoms with E-state index in [1.54, 1.807) is 6.92 Å². The number of carbonyl (C=O) groups excluding carboxylic acids is 3. The Bertz CT molecular complexity index is 698. The van der Waals surface area contributed by atoms with Gasteiger partial charge in [-0.25, -0.2) is 8.78 Å². The van der Waals surface area contributed by atoms with Gasteiger partial charge in [0.05, 0.1) is 11.8 Å². The molecule has 0 radical (unpaired) electrons. The zero-order chi connectivity index (χ0) is 18.1. The van der Waals surface area contributed by atoms with Gasteiger partial charge >= 0.3 is 0 Å². The van der Waals surface area contributed by atoms with Crippen molar-refractivity contribution in [1.82, 2.24) is 4.90 Å². The van der Waals surface area contributed by atoms with Crippen molar-refractivity contribution in [3.63, 3.8) is 0 Å². The Morgan fingerprint density at radius 2 is 1.72 bits per heavy atom. The van der Waals surface area contributed by atoms with Crippen LogP contribution in [0.1, 0.15) is 32.6 Å². The maximum Gasteiger partial charge on any atom is 0.247 e. The highest BCUT2D eigenvalue weighted by Gasteiger charge is 2.48. The number of imide groups is 1. The first-order valence-corrected chi connectivity index (χ1v) is 8.54. The topological polar surface area (TPSA) is 57.7 Å². The Kier molecular flexibility index (Phi) is 4.83. The van der Waals surface area contributed by atoms with Crippen molar-refractivity contribution in [2.45, 2.75) is 32.6 Å². The summed E-state index contributed by atoms with van der Waals surface area (Å²) in [5.74, 6) is -3.74. The standard InChI is InChI=1S/C18H20F2N2O3/c1-2-21(11-7-8-14(19)15(20)9-11)16(23)10-22-17(24)12-5-3-4-6-13(12)18(22)25/h7-9,12-13H,2-6,10H2,1H3. The second kappa shape index (κ2) is 6.90. The van der Waals surface area contributed by atoms with E-state index in [4.69, 9.17) is 0 Å². The molecule has 1 heterocycles. The Labute approximate surface area is 144 Å². The molecule has 0 N–H and O–H groups in total. The van der Waals surface area contributed by atoms with E-state index in [1.165, 1.54) is 11.0 Å². The van der Waals surface area contributed by atoms with E-state index in [-0.39, 0.29) is 42.4 Å². The molecule has 1 aliphatic heterocycles. The van der Waals surface area contributed by atoms with Gasteiger partial charge in [-0.05, 0) is 31.9 Å². The summed E-state index contributed by atoms with van der Waals surface area (Å²) in [4.78, 5) is 39.8. The van der Waals surface area contributed by atoms with Crippen LogP contribution in [-0.4, -0.2) is 35.7 Å². The summed E-state index contributed by atoms with van der Waals surface area (Å²) < 4.78 is 26.5. The minimum absolute atomic E-state index is 0.197. The first-order valence-electron chi connectivity index (χ1n) is 8.54. The molecule has 0 aromatic heterocycles. The Balaban J connectivity index is 1.77. The molecule has 134 valence electrons. The van der Waals surface area contributed by atoms with Crippen LogP contribution in [0.3, 0.4) is 0 Å². The molecule has 3 rings (SSSR count). The largest absolute Gasteiger partial charge is 0.311 e. The lowest BCUT2D eigenvalue weighted by Gasteiger charge is -2.24. The molecule has 5 nitrogen and oxygen atoms in total. The highest BCUT2D eigenvalue weighted by molar-refractivity contribution is 6.09. The maximum absolute atomic E-state index is 13.4. The number of likely N-dealkylation sites (tertiary alicyclic amines) is 1. The van der Waals surface area contributed by atoms with Crippen LogP contribution >= 0.6 is 0 Å². The first kappa shape index (κ1) is 17.5. The summed E-state index contributed by atoms with van der Waals surface area (Å²) in [6.45, 7) is 1.54. The quantitative estimate of drug-likeness (QED) is 0.784. The fourth-order valence-electron chi connectivity index (χ4n) is 3.76. The summed E-state index contributed by atoms with van der Waals surface area (Å²) in [7, 11) is 0. The predicted molar refractivity (Wildman–Crippen MR) is 86.6 cm³/mol. The minimum Gasteiger partial charge on any atom is -0.311 e. The van der Waals surface area contributed by atoms with Crippen molar-refractivity contribution < 1.29 is 23.2 Å². The lowest BCUT2D eigenvalue weighted by Crippen LogP contribution is -2.43. The number of hydrogen-bond donors (Lipinski definition) is 0. The minimum atomic E-state index is -1.05. The third-order valence-electron chi connectivity index (χ3n) is 5.06. The van der Waals surface area contributed by atoms with E-state index < -0.39 is 17.5 Å². The molecule has 2 atom stereocenters. The number of benzene rings is 1. The van der Waals surface area contributed by atoms with Crippen LogP contribution in [0.4, 0.5) is 14.5 Å². The van der Waals surface area contributed by atoms with Gasteiger partial charge in [-0.3, -0.25) is 19.3 Å². The second-order valence-electron chi connectivity index (χ2n) is 6.50. The van der Waals surface area contributed by atoms with Crippen LogP contribution in [0.15, 0.2) is 18.2 Å². The number of amides is 3. The van der Waals surface area contributed by atoms with Gasteiger partial charge in [0.1, 0.15) is 6.54 Å². The van der Waals surface area contributed by atoms with Gasteiger partial charge in [0, 0.05) is 18.3 Å². The van der Waals surface area contributed by atoms with Crippen molar-refractivity contribution in [1.29, 1.82) is 0 Å². The second-order valence-corrected chi connectivity index (χ2v) is 6.50. The van der Waals surface area contributed by atoms with Crippen LogP contribution < -0.4 is 4.90 Å². The van der Waals surface area contributed by atoms with Crippen LogP contribution in [-0.2, 0) is 14.4 Å². The number of hydrogen-bond acceptors (Lipinski definition) is 3. The van der Waals surface area contributed by atoms with E-state index in [1.807, 2.05) is 0 Å². The number of halogens is 2. The van der Waals surface area contributed by atoms with Gasteiger partial charge in [0.25, 0.3) is 0 Å². The fourth-order valence-corrected chi connectivity index (χ4v) is 3.76. The molecular weight excluding hydrogens is 330 g/mol. The van der Waals surface area contributed by atoms with Crippen molar-refractivity contribution in [3.05, 3.63) is 29.8 Å². The maximum atomic E-state index is 13.4. The summed E-state index contributed by atoms with van der Waals surface area (Å²) in [5, 5.41) is 0. The van der Waals surface area contributed by atoms with Gasteiger partial charge in [-0.2, -0.15) is 0 Å². The average molecular weight is 350 g/mol. The molecule has 1 aromatic rings. The zero-order valence-electron chi connectivity index (χ0n) is 14.0. The molecule has 1 aromatic carbocycles. The van der Waals surface area contributed by atoms with Gasteiger partial charge < -0.3 is 4.90 Å². The predicted octanol–water partition coefficient (Wildman–Crippen LogP) is 2.49. The number of carbonyl (C=O) groups is 3. The van der Waals surface area contributed by atoms with Gasteiger partial charge in [0.15, 0.2) is 11.6 Å². The SMILES string of the molecule is CCN(C(=O)CN1C(=O)C2CCCCC2C1=O)c1ccc(F)c(F)c1. The van der Waals surface area contributed by atoms with E-state index in [9.17, 15) is 23.2 Å². The van der Waals surface area contributed by atoms with Crippen LogP contribution in [0.25, 0.3) is 0 Å². The molecule has 1 saturated carbocycles. The molecule has 1 aliphatic carbocycles. The Morgan fingerprint density at radius 1 is 1.12 bits per heavy atom. The lowest BCUT2D eigenvalue weighted by molar-refractivity contribution is -0.143. The molecular formula is C18H20F2N2O3. The number of nitrogens with zero attached hydrogens (tertiary/aromatic N) is 2. The molecule has 7 heteroatoms. The van der Waals surface area contributed by atoms with Crippen LogP contribution in [0, 0.1) is 23.5 Å². The third kappa shape index (κ3) is 3.15. The third-order valence-corrected chi connectivity index (χ3v) is 5.06. The lowest BCUT2D eigenvalue weighted by atomic mass is 9.81. The monoisotopic (exact) mass is 350 g/mol. The van der Waals surface area contributed by atoms with Crippen molar-refractivity contribution >= 4 is 23.4 Å². The molecule has 25 heavy (non-hydrogen) atoms. The smallest absolute Gasteiger partial charge is 0.247 e. The molecule has 2 aliphatic rings. The number of fused-ring (bicyclic) bond motifs is 1. The van der Waals surface area contributed by atoms with Crippen molar-refractivity contribution in [3.8, 4) is 0 Å². The van der Waals surface area contributed by atoms with E-state index in [2.05, 4.69) is 0 Å². The summed E-state index contributed by atoms with van der Waals surface area (Å²) >= 11 is 0. The summed E-state index contributed by atoms with van der Waals surface area (Å²) in [6.07, 6.45) is 3.19. The molecule has 0 bridgehead atoms. The molecule has 0 spiro atoms. The van der Waals surface area contributed by atoms with Gasteiger partial charge in [-0.1, -0.05) is 12.8 Å².